The van der Waals surface area contributed by atoms with Crippen molar-refractivity contribution in [1.29, 1.82) is 0 Å². The monoisotopic (exact) mass is 337 g/mol. The van der Waals surface area contributed by atoms with Gasteiger partial charge >= 0.3 is 0 Å². The maximum absolute atomic E-state index is 12.5. The van der Waals surface area contributed by atoms with Crippen LogP contribution in [-0.4, -0.2) is 38.9 Å². The number of hydrogen-bond acceptors (Lipinski definition) is 5. The quantitative estimate of drug-likeness (QED) is 0.795. The van der Waals surface area contributed by atoms with Crippen molar-refractivity contribution in [2.75, 3.05) is 18.5 Å². The van der Waals surface area contributed by atoms with Crippen LogP contribution in [0.25, 0.3) is 11.0 Å². The molecule has 4 rings (SSSR count). The Morgan fingerprint density at radius 3 is 2.96 bits per heavy atom. The molecule has 0 aliphatic carbocycles. The molecule has 7 heteroatoms. The van der Waals surface area contributed by atoms with Crippen molar-refractivity contribution in [3.8, 4) is 0 Å². The van der Waals surface area contributed by atoms with E-state index in [9.17, 15) is 4.79 Å². The minimum absolute atomic E-state index is 0.262. The van der Waals surface area contributed by atoms with Gasteiger partial charge in [0, 0.05) is 31.0 Å². The summed E-state index contributed by atoms with van der Waals surface area (Å²) in [6.45, 7) is 3.39. The summed E-state index contributed by atoms with van der Waals surface area (Å²) < 4.78 is 7.32. The second-order valence-electron chi connectivity index (χ2n) is 6.15. The molecular formula is C18H19N5O2. The highest BCUT2D eigenvalue weighted by Gasteiger charge is 2.19. The van der Waals surface area contributed by atoms with E-state index in [2.05, 4.69) is 20.4 Å². The van der Waals surface area contributed by atoms with E-state index in [0.29, 0.717) is 23.1 Å². The zero-order valence-corrected chi connectivity index (χ0v) is 14.0. The number of ether oxygens (including phenoxy) is 1. The Hall–Kier alpha value is -2.80. The standard InChI is InChI=1S/C18H19N5O2/c1-12-16(11-23(22-12)14-6-9-25-10-7-14)21-18(24)15-5-4-13-3-2-8-19-17(13)20-15/h2-5,8,11,14H,6-7,9-10H2,1H3,(H,21,24). The zero-order valence-electron chi connectivity index (χ0n) is 14.0. The average Bonchev–Trinajstić information content (AvgIpc) is 3.02. The Balaban J connectivity index is 1.54. The lowest BCUT2D eigenvalue weighted by Gasteiger charge is -2.22. The van der Waals surface area contributed by atoms with Crippen molar-refractivity contribution >= 4 is 22.6 Å². The largest absolute Gasteiger partial charge is 0.381 e. The van der Waals surface area contributed by atoms with Gasteiger partial charge in [-0.15, -0.1) is 0 Å². The molecule has 1 aliphatic heterocycles. The Bertz CT molecular complexity index is 915. The van der Waals surface area contributed by atoms with Gasteiger partial charge in [0.2, 0.25) is 0 Å². The molecule has 7 nitrogen and oxygen atoms in total. The number of nitrogens with one attached hydrogen (secondary N) is 1. The Kier molecular flexibility index (Phi) is 4.15. The third-order valence-corrected chi connectivity index (χ3v) is 4.43. The molecular weight excluding hydrogens is 318 g/mol. The highest BCUT2D eigenvalue weighted by Crippen LogP contribution is 2.24. The first-order valence-corrected chi connectivity index (χ1v) is 8.37. The van der Waals surface area contributed by atoms with Gasteiger partial charge < -0.3 is 10.1 Å². The molecule has 3 aromatic heterocycles. The van der Waals surface area contributed by atoms with E-state index >= 15 is 0 Å². The number of pyridine rings is 2. The first-order valence-electron chi connectivity index (χ1n) is 8.37. The number of carbonyl (C=O) groups is 1. The number of rotatable bonds is 3. The number of aryl methyl sites for hydroxylation is 1. The predicted molar refractivity (Wildman–Crippen MR) is 93.5 cm³/mol. The molecule has 25 heavy (non-hydrogen) atoms. The number of anilines is 1. The first-order chi connectivity index (χ1) is 12.2. The highest BCUT2D eigenvalue weighted by atomic mass is 16.5. The van der Waals surface area contributed by atoms with Gasteiger partial charge in [-0.05, 0) is 44.0 Å². The Morgan fingerprint density at radius 2 is 2.12 bits per heavy atom. The second kappa shape index (κ2) is 6.60. The number of hydrogen-bond donors (Lipinski definition) is 1. The van der Waals surface area contributed by atoms with E-state index < -0.39 is 0 Å². The smallest absolute Gasteiger partial charge is 0.274 e. The van der Waals surface area contributed by atoms with Crippen molar-refractivity contribution < 1.29 is 9.53 Å². The summed E-state index contributed by atoms with van der Waals surface area (Å²) in [5.74, 6) is -0.262. The lowest BCUT2D eigenvalue weighted by molar-refractivity contribution is 0.0662. The zero-order chi connectivity index (χ0) is 17.2. The van der Waals surface area contributed by atoms with Gasteiger partial charge in [0.1, 0.15) is 5.69 Å². The number of aromatic nitrogens is 4. The van der Waals surface area contributed by atoms with E-state index in [1.165, 1.54) is 0 Å². The second-order valence-corrected chi connectivity index (χ2v) is 6.15. The number of fused-ring (bicyclic) bond motifs is 1. The summed E-state index contributed by atoms with van der Waals surface area (Å²) in [5, 5.41) is 8.36. The van der Waals surface area contributed by atoms with Gasteiger partial charge in [0.05, 0.1) is 17.4 Å². The van der Waals surface area contributed by atoms with Crippen molar-refractivity contribution in [3.05, 3.63) is 48.0 Å². The molecule has 0 atom stereocenters. The maximum Gasteiger partial charge on any atom is 0.274 e. The summed E-state index contributed by atoms with van der Waals surface area (Å²) in [6.07, 6.45) is 5.43. The SMILES string of the molecule is Cc1nn(C2CCOCC2)cc1NC(=O)c1ccc2cccnc2n1. The number of carbonyl (C=O) groups excluding carboxylic acids is 1. The summed E-state index contributed by atoms with van der Waals surface area (Å²) in [7, 11) is 0. The molecule has 4 heterocycles. The van der Waals surface area contributed by atoms with Gasteiger partial charge in [0.25, 0.3) is 5.91 Å². The van der Waals surface area contributed by atoms with Gasteiger partial charge in [0.15, 0.2) is 5.65 Å². The van der Waals surface area contributed by atoms with E-state index in [1.54, 1.807) is 12.3 Å². The molecule has 0 radical (unpaired) electrons. The Labute approximate surface area is 145 Å². The summed E-state index contributed by atoms with van der Waals surface area (Å²) >= 11 is 0. The minimum atomic E-state index is -0.262. The van der Waals surface area contributed by atoms with Crippen LogP contribution in [0.3, 0.4) is 0 Å². The molecule has 0 bridgehead atoms. The van der Waals surface area contributed by atoms with Crippen molar-refractivity contribution in [2.24, 2.45) is 0 Å². The summed E-state index contributed by atoms with van der Waals surface area (Å²) in [4.78, 5) is 21.1. The lowest BCUT2D eigenvalue weighted by atomic mass is 10.1. The molecule has 0 unspecified atom stereocenters. The molecule has 1 fully saturated rings. The molecule has 0 aromatic carbocycles. The van der Waals surface area contributed by atoms with E-state index in [1.807, 2.05) is 36.0 Å². The van der Waals surface area contributed by atoms with Crippen LogP contribution < -0.4 is 5.32 Å². The molecule has 0 spiro atoms. The van der Waals surface area contributed by atoms with Crippen LogP contribution in [-0.2, 0) is 4.74 Å². The predicted octanol–water partition coefficient (Wildman–Crippen LogP) is 2.74. The summed E-state index contributed by atoms with van der Waals surface area (Å²) in [5.41, 5.74) is 2.40. The summed E-state index contributed by atoms with van der Waals surface area (Å²) in [6, 6.07) is 7.64. The van der Waals surface area contributed by atoms with Crippen LogP contribution in [0.4, 0.5) is 5.69 Å². The lowest BCUT2D eigenvalue weighted by Crippen LogP contribution is -2.20. The van der Waals surface area contributed by atoms with Gasteiger partial charge in [-0.25, -0.2) is 9.97 Å². The fraction of sp³-hybridized carbons (Fsp3) is 0.333. The van der Waals surface area contributed by atoms with Crippen LogP contribution in [0.15, 0.2) is 36.7 Å². The molecule has 128 valence electrons. The van der Waals surface area contributed by atoms with Crippen molar-refractivity contribution in [3.63, 3.8) is 0 Å². The normalized spacial score (nSPS) is 15.4. The van der Waals surface area contributed by atoms with Crippen LogP contribution >= 0.6 is 0 Å². The third kappa shape index (κ3) is 3.23. The van der Waals surface area contributed by atoms with Crippen molar-refractivity contribution in [1.82, 2.24) is 19.7 Å². The van der Waals surface area contributed by atoms with E-state index in [0.717, 1.165) is 37.1 Å². The van der Waals surface area contributed by atoms with Crippen LogP contribution in [0.5, 0.6) is 0 Å². The van der Waals surface area contributed by atoms with Crippen LogP contribution in [0.2, 0.25) is 0 Å². The molecule has 1 amide bonds. The molecule has 1 saturated heterocycles. The topological polar surface area (TPSA) is 81.9 Å². The molecule has 0 saturated carbocycles. The number of amides is 1. The Morgan fingerprint density at radius 1 is 1.28 bits per heavy atom. The molecule has 1 N–H and O–H groups in total. The minimum Gasteiger partial charge on any atom is -0.381 e. The van der Waals surface area contributed by atoms with Gasteiger partial charge in [-0.3, -0.25) is 9.48 Å². The fourth-order valence-electron chi connectivity index (χ4n) is 3.01. The first kappa shape index (κ1) is 15.7. The van der Waals surface area contributed by atoms with E-state index in [-0.39, 0.29) is 5.91 Å². The van der Waals surface area contributed by atoms with Gasteiger partial charge in [-0.2, -0.15) is 5.10 Å². The van der Waals surface area contributed by atoms with Gasteiger partial charge in [-0.1, -0.05) is 0 Å². The number of nitrogens with zero attached hydrogens (tertiary/aromatic N) is 4. The van der Waals surface area contributed by atoms with Crippen LogP contribution in [0, 0.1) is 6.92 Å². The molecule has 1 aliphatic rings. The third-order valence-electron chi connectivity index (χ3n) is 4.43. The van der Waals surface area contributed by atoms with Crippen LogP contribution in [0.1, 0.15) is 35.1 Å². The maximum atomic E-state index is 12.5. The highest BCUT2D eigenvalue weighted by molar-refractivity contribution is 6.04. The van der Waals surface area contributed by atoms with E-state index in [4.69, 9.17) is 4.74 Å². The fourth-order valence-corrected chi connectivity index (χ4v) is 3.01. The van der Waals surface area contributed by atoms with Crippen molar-refractivity contribution in [2.45, 2.75) is 25.8 Å². The average molecular weight is 337 g/mol. The molecule has 3 aromatic rings.